The van der Waals surface area contributed by atoms with Crippen molar-refractivity contribution >= 4 is 10.0 Å². The van der Waals surface area contributed by atoms with E-state index in [9.17, 15) is 8.42 Å². The summed E-state index contributed by atoms with van der Waals surface area (Å²) in [6, 6.07) is 7.02. The van der Waals surface area contributed by atoms with Crippen LogP contribution in [0.5, 0.6) is 0 Å². The highest BCUT2D eigenvalue weighted by Crippen LogP contribution is 2.11. The Morgan fingerprint density at radius 3 is 2.63 bits per heavy atom. The largest absolute Gasteiger partial charge is 0.313 e. The Kier molecular flexibility index (Phi) is 6.44. The van der Waals surface area contributed by atoms with E-state index in [1.165, 1.54) is 0 Å². The monoisotopic (exact) mass is 285 g/mol. The quantitative estimate of drug-likeness (QED) is 0.736. The Bertz CT molecular complexity index is 486. The average molecular weight is 285 g/mol. The summed E-state index contributed by atoms with van der Waals surface area (Å²) >= 11 is 0. The van der Waals surface area contributed by atoms with Crippen molar-refractivity contribution in [2.75, 3.05) is 33.7 Å². The minimum Gasteiger partial charge on any atom is -0.313 e. The summed E-state index contributed by atoms with van der Waals surface area (Å²) in [4.78, 5) is 2.26. The first-order valence-electron chi connectivity index (χ1n) is 6.39. The molecule has 0 aliphatic carbocycles. The van der Waals surface area contributed by atoms with Crippen molar-refractivity contribution in [1.82, 2.24) is 14.9 Å². The molecule has 6 heteroatoms. The number of sulfonamides is 1. The van der Waals surface area contributed by atoms with Crippen LogP contribution in [0.25, 0.3) is 0 Å². The third-order valence-corrected chi connectivity index (χ3v) is 4.10. The van der Waals surface area contributed by atoms with Crippen molar-refractivity contribution in [3.63, 3.8) is 0 Å². The molecular weight excluding hydrogens is 262 g/mol. The zero-order valence-electron chi connectivity index (χ0n) is 11.8. The van der Waals surface area contributed by atoms with Crippen LogP contribution < -0.4 is 10.0 Å². The zero-order chi connectivity index (χ0) is 14.3. The molecule has 0 amide bonds. The van der Waals surface area contributed by atoms with Crippen LogP contribution in [-0.4, -0.2) is 47.0 Å². The molecule has 0 saturated carbocycles. The summed E-state index contributed by atoms with van der Waals surface area (Å²) in [6.45, 7) is 4.64. The second-order valence-corrected chi connectivity index (χ2v) is 6.40. The van der Waals surface area contributed by atoms with E-state index in [0.29, 0.717) is 24.5 Å². The molecule has 1 rings (SSSR count). The summed E-state index contributed by atoms with van der Waals surface area (Å²) in [7, 11) is 0.408. The molecule has 0 fully saturated rings. The molecule has 0 aliphatic heterocycles. The highest BCUT2D eigenvalue weighted by atomic mass is 32.2. The van der Waals surface area contributed by atoms with Gasteiger partial charge in [0.1, 0.15) is 0 Å². The van der Waals surface area contributed by atoms with Gasteiger partial charge in [0.2, 0.25) is 10.0 Å². The topological polar surface area (TPSA) is 61.4 Å². The van der Waals surface area contributed by atoms with E-state index in [1.54, 1.807) is 18.2 Å². The molecule has 0 aliphatic rings. The van der Waals surface area contributed by atoms with Crippen molar-refractivity contribution < 1.29 is 8.42 Å². The van der Waals surface area contributed by atoms with E-state index in [0.717, 1.165) is 12.1 Å². The lowest BCUT2D eigenvalue weighted by atomic mass is 10.2. The molecule has 0 bridgehead atoms. The third kappa shape index (κ3) is 5.69. The average Bonchev–Trinajstić information content (AvgIpc) is 2.36. The summed E-state index contributed by atoms with van der Waals surface area (Å²) in [6.07, 6.45) is 0. The maximum absolute atomic E-state index is 12.1. The van der Waals surface area contributed by atoms with E-state index in [1.807, 2.05) is 32.0 Å². The second-order valence-electron chi connectivity index (χ2n) is 4.63. The summed E-state index contributed by atoms with van der Waals surface area (Å²) in [5, 5.41) is 3.18. The molecule has 0 unspecified atom stereocenters. The molecule has 0 atom stereocenters. The molecule has 2 N–H and O–H groups in total. The molecule has 19 heavy (non-hydrogen) atoms. The molecule has 0 heterocycles. The standard InChI is InChI=1S/C13H23N3O2S/c1-4-14-11-12-6-5-7-13(10-12)19(17,18)15-8-9-16(2)3/h5-7,10,14-15H,4,8-9,11H2,1-3H3. The van der Waals surface area contributed by atoms with Crippen LogP contribution in [0.15, 0.2) is 29.2 Å². The molecule has 0 saturated heterocycles. The van der Waals surface area contributed by atoms with Crippen LogP contribution in [0.3, 0.4) is 0 Å². The van der Waals surface area contributed by atoms with Crippen molar-refractivity contribution in [2.24, 2.45) is 0 Å². The fourth-order valence-electron chi connectivity index (χ4n) is 1.58. The van der Waals surface area contributed by atoms with Gasteiger partial charge in [-0.05, 0) is 38.3 Å². The van der Waals surface area contributed by atoms with Crippen LogP contribution in [0.2, 0.25) is 0 Å². The first-order valence-corrected chi connectivity index (χ1v) is 7.88. The predicted octanol–water partition coefficient (Wildman–Crippen LogP) is 0.636. The molecule has 5 nitrogen and oxygen atoms in total. The Balaban J connectivity index is 2.71. The zero-order valence-corrected chi connectivity index (χ0v) is 12.6. The van der Waals surface area contributed by atoms with Gasteiger partial charge < -0.3 is 10.2 Å². The SMILES string of the molecule is CCNCc1cccc(S(=O)(=O)NCCN(C)C)c1. The van der Waals surface area contributed by atoms with Crippen LogP contribution in [0.4, 0.5) is 0 Å². The fraction of sp³-hybridized carbons (Fsp3) is 0.538. The number of likely N-dealkylation sites (N-methyl/N-ethyl adjacent to an activating group) is 1. The minimum absolute atomic E-state index is 0.321. The van der Waals surface area contributed by atoms with Crippen LogP contribution in [-0.2, 0) is 16.6 Å². The summed E-state index contributed by atoms with van der Waals surface area (Å²) in [5.41, 5.74) is 0.970. The highest BCUT2D eigenvalue weighted by molar-refractivity contribution is 7.89. The number of nitrogens with zero attached hydrogens (tertiary/aromatic N) is 1. The lowest BCUT2D eigenvalue weighted by molar-refractivity contribution is 0.412. The second kappa shape index (κ2) is 7.59. The van der Waals surface area contributed by atoms with Gasteiger partial charge in [-0.1, -0.05) is 19.1 Å². The smallest absolute Gasteiger partial charge is 0.240 e. The normalized spacial score (nSPS) is 12.0. The number of benzene rings is 1. The summed E-state index contributed by atoms with van der Waals surface area (Å²) in [5.74, 6) is 0. The van der Waals surface area contributed by atoms with Gasteiger partial charge in [0.25, 0.3) is 0 Å². The number of hydrogen-bond donors (Lipinski definition) is 2. The number of nitrogens with one attached hydrogen (secondary N) is 2. The van der Waals surface area contributed by atoms with Crippen molar-refractivity contribution in [2.45, 2.75) is 18.4 Å². The van der Waals surface area contributed by atoms with Crippen molar-refractivity contribution in [3.8, 4) is 0 Å². The van der Waals surface area contributed by atoms with Gasteiger partial charge in [-0.2, -0.15) is 0 Å². The number of hydrogen-bond acceptors (Lipinski definition) is 4. The Morgan fingerprint density at radius 2 is 2.00 bits per heavy atom. The van der Waals surface area contributed by atoms with Gasteiger partial charge in [0.15, 0.2) is 0 Å². The Labute approximate surface area is 116 Å². The van der Waals surface area contributed by atoms with Crippen molar-refractivity contribution in [1.29, 1.82) is 0 Å². The van der Waals surface area contributed by atoms with E-state index in [2.05, 4.69) is 10.0 Å². The van der Waals surface area contributed by atoms with Gasteiger partial charge in [0.05, 0.1) is 4.90 Å². The van der Waals surface area contributed by atoms with Crippen LogP contribution in [0, 0.1) is 0 Å². The van der Waals surface area contributed by atoms with Gasteiger partial charge in [-0.3, -0.25) is 0 Å². The minimum atomic E-state index is -3.41. The highest BCUT2D eigenvalue weighted by Gasteiger charge is 2.13. The molecule has 108 valence electrons. The third-order valence-electron chi connectivity index (χ3n) is 2.64. The van der Waals surface area contributed by atoms with Crippen molar-refractivity contribution in [3.05, 3.63) is 29.8 Å². The van der Waals surface area contributed by atoms with Crippen LogP contribution in [0.1, 0.15) is 12.5 Å². The molecule has 1 aromatic rings. The van der Waals surface area contributed by atoms with E-state index >= 15 is 0 Å². The van der Waals surface area contributed by atoms with E-state index < -0.39 is 10.0 Å². The molecule has 0 radical (unpaired) electrons. The fourth-order valence-corrected chi connectivity index (χ4v) is 2.67. The Hall–Kier alpha value is -0.950. The lowest BCUT2D eigenvalue weighted by Gasteiger charge is -2.11. The van der Waals surface area contributed by atoms with Gasteiger partial charge in [-0.15, -0.1) is 0 Å². The lowest BCUT2D eigenvalue weighted by Crippen LogP contribution is -2.31. The maximum atomic E-state index is 12.1. The van der Waals surface area contributed by atoms with E-state index in [4.69, 9.17) is 0 Å². The first kappa shape index (κ1) is 16.1. The van der Waals surface area contributed by atoms with Gasteiger partial charge in [0, 0.05) is 19.6 Å². The molecule has 0 spiro atoms. The summed E-state index contributed by atoms with van der Waals surface area (Å²) < 4.78 is 26.8. The van der Waals surface area contributed by atoms with Crippen LogP contribution >= 0.6 is 0 Å². The molecule has 1 aromatic carbocycles. The maximum Gasteiger partial charge on any atom is 0.240 e. The van der Waals surface area contributed by atoms with Gasteiger partial charge in [-0.25, -0.2) is 13.1 Å². The predicted molar refractivity (Wildman–Crippen MR) is 77.6 cm³/mol. The van der Waals surface area contributed by atoms with Gasteiger partial charge >= 0.3 is 0 Å². The number of rotatable bonds is 8. The Morgan fingerprint density at radius 1 is 1.26 bits per heavy atom. The molecule has 0 aromatic heterocycles. The van der Waals surface area contributed by atoms with E-state index in [-0.39, 0.29) is 0 Å². The molecular formula is C13H23N3O2S. The first-order chi connectivity index (χ1) is 8.95.